The molecule has 0 radical (unpaired) electrons. The van der Waals surface area contributed by atoms with Crippen LogP contribution in [0.5, 0.6) is 11.5 Å². The zero-order chi connectivity index (χ0) is 28.2. The summed E-state index contributed by atoms with van der Waals surface area (Å²) in [6.07, 6.45) is 5.93. The Morgan fingerprint density at radius 2 is 1.47 bits per heavy atom. The predicted octanol–water partition coefficient (Wildman–Crippen LogP) is 8.79. The second-order valence-corrected chi connectivity index (χ2v) is 7.97. The molecule has 0 aliphatic rings. The number of aromatic nitrogens is 1. The first-order valence-corrected chi connectivity index (χ1v) is 13.5. The number of benzene rings is 2. The highest BCUT2D eigenvalue weighted by molar-refractivity contribution is 7.98. The molecule has 0 aliphatic carbocycles. The summed E-state index contributed by atoms with van der Waals surface area (Å²) in [6, 6.07) is 19.6. The van der Waals surface area contributed by atoms with Crippen molar-refractivity contribution < 1.29 is 14.3 Å². The van der Waals surface area contributed by atoms with Crippen LogP contribution in [0, 0.1) is 12.8 Å². The summed E-state index contributed by atoms with van der Waals surface area (Å²) in [5.74, 6) is 2.59. The number of hydrogen-bond donors (Lipinski definition) is 1. The van der Waals surface area contributed by atoms with E-state index in [0.29, 0.717) is 12.1 Å². The van der Waals surface area contributed by atoms with E-state index < -0.39 is 0 Å². The highest BCUT2D eigenvalue weighted by Gasteiger charge is 1.98. The third kappa shape index (κ3) is 22.8. The van der Waals surface area contributed by atoms with Gasteiger partial charge in [0.1, 0.15) is 11.5 Å². The molecule has 0 atom stereocenters. The molecule has 0 unspecified atom stereocenters. The number of anilines is 1. The molecule has 0 saturated heterocycles. The van der Waals surface area contributed by atoms with Gasteiger partial charge in [0, 0.05) is 11.1 Å². The van der Waals surface area contributed by atoms with Crippen LogP contribution < -0.4 is 14.8 Å². The van der Waals surface area contributed by atoms with E-state index in [9.17, 15) is 4.79 Å². The van der Waals surface area contributed by atoms with Crippen molar-refractivity contribution in [3.63, 3.8) is 0 Å². The maximum absolute atomic E-state index is 9.84. The topological polar surface area (TPSA) is 60.5 Å². The number of ether oxygens (including phenoxy) is 2. The molecule has 1 heterocycles. The highest BCUT2D eigenvalue weighted by Crippen LogP contribution is 2.22. The van der Waals surface area contributed by atoms with E-state index in [-0.39, 0.29) is 0 Å². The van der Waals surface area contributed by atoms with Gasteiger partial charge in [-0.05, 0) is 67.1 Å². The molecule has 36 heavy (non-hydrogen) atoms. The standard InChI is InChI=1S/C9H12O2.C7H8S.C6H6N2O.C4H10.2C2H6/c1-7-6-8(10-2)4-5-9(7)11-3;1-8-7-5-3-2-4-6-7;9-5-8-6-2-1-3-7-4-6;1-4(2)3;2*1-2/h4-6H,1-3H3;2-6H,1H3;1-5H,(H,8,9);4H,1-3H3;2*1-2H3. The van der Waals surface area contributed by atoms with Crippen molar-refractivity contribution >= 4 is 23.9 Å². The summed E-state index contributed by atoms with van der Waals surface area (Å²) in [4.78, 5) is 14.9. The van der Waals surface area contributed by atoms with Gasteiger partial charge in [-0.1, -0.05) is 66.7 Å². The second-order valence-electron chi connectivity index (χ2n) is 7.09. The first-order chi connectivity index (χ1) is 17.4. The monoisotopic (exact) mass is 516 g/mol. The van der Waals surface area contributed by atoms with E-state index in [1.807, 2.05) is 71.0 Å². The van der Waals surface area contributed by atoms with Crippen LogP contribution in [0.2, 0.25) is 0 Å². The number of amides is 1. The van der Waals surface area contributed by atoms with Crippen molar-refractivity contribution in [1.82, 2.24) is 4.98 Å². The van der Waals surface area contributed by atoms with Gasteiger partial charge in [-0.25, -0.2) is 0 Å². The molecule has 0 fully saturated rings. The molecule has 3 rings (SSSR count). The van der Waals surface area contributed by atoms with E-state index in [1.165, 1.54) is 4.90 Å². The van der Waals surface area contributed by atoms with Gasteiger partial charge >= 0.3 is 0 Å². The number of methoxy groups -OCH3 is 2. The number of carbonyl (C=O) groups is 1. The molecule has 1 N–H and O–H groups in total. The molecule has 0 aliphatic heterocycles. The van der Waals surface area contributed by atoms with Crippen molar-refractivity contribution in [3.8, 4) is 11.5 Å². The van der Waals surface area contributed by atoms with E-state index in [2.05, 4.69) is 49.5 Å². The first-order valence-electron chi connectivity index (χ1n) is 12.3. The molecule has 5 nitrogen and oxygen atoms in total. The lowest BCUT2D eigenvalue weighted by Gasteiger charge is -2.05. The van der Waals surface area contributed by atoms with Crippen LogP contribution in [0.3, 0.4) is 0 Å². The number of pyridine rings is 1. The number of thioether (sulfide) groups is 1. The summed E-state index contributed by atoms with van der Waals surface area (Å²) in [6.45, 7) is 16.5. The van der Waals surface area contributed by atoms with Crippen LogP contribution in [-0.2, 0) is 4.79 Å². The summed E-state index contributed by atoms with van der Waals surface area (Å²) in [5.41, 5.74) is 1.80. The van der Waals surface area contributed by atoms with Crippen molar-refractivity contribution in [1.29, 1.82) is 0 Å². The lowest BCUT2D eigenvalue weighted by molar-refractivity contribution is -0.105. The second kappa shape index (κ2) is 28.2. The fourth-order valence-corrected chi connectivity index (χ4v) is 2.48. The van der Waals surface area contributed by atoms with Gasteiger partial charge in [0.25, 0.3) is 0 Å². The number of aryl methyl sites for hydroxylation is 1. The summed E-state index contributed by atoms with van der Waals surface area (Å²) < 4.78 is 10.1. The molecule has 1 aromatic heterocycles. The van der Waals surface area contributed by atoms with Crippen molar-refractivity contribution in [2.24, 2.45) is 5.92 Å². The molecule has 6 heteroatoms. The number of nitrogens with zero attached hydrogens (tertiary/aromatic N) is 1. The number of carbonyl (C=O) groups excluding carboxylic acids is 1. The number of nitrogens with one attached hydrogen (secondary N) is 1. The van der Waals surface area contributed by atoms with Crippen molar-refractivity contribution in [2.75, 3.05) is 25.8 Å². The Labute approximate surface area is 225 Å². The van der Waals surface area contributed by atoms with E-state index in [4.69, 9.17) is 9.47 Å². The van der Waals surface area contributed by atoms with Gasteiger partial charge in [0.05, 0.1) is 26.1 Å². The Kier molecular flexibility index (Phi) is 29.5. The van der Waals surface area contributed by atoms with Crippen LogP contribution in [0.1, 0.15) is 54.0 Å². The largest absolute Gasteiger partial charge is 0.497 e. The molecule has 3 aromatic rings. The van der Waals surface area contributed by atoms with Crippen LogP contribution in [0.4, 0.5) is 5.69 Å². The molecule has 2 aromatic carbocycles. The highest BCUT2D eigenvalue weighted by atomic mass is 32.2. The van der Waals surface area contributed by atoms with Gasteiger partial charge in [-0.3, -0.25) is 9.78 Å². The predicted molar refractivity (Wildman–Crippen MR) is 160 cm³/mol. The zero-order valence-corrected chi connectivity index (χ0v) is 25.0. The lowest BCUT2D eigenvalue weighted by Crippen LogP contribution is -1.92. The van der Waals surface area contributed by atoms with Crippen LogP contribution in [-0.4, -0.2) is 31.9 Å². The van der Waals surface area contributed by atoms with Gasteiger partial charge in [0.2, 0.25) is 6.41 Å². The Morgan fingerprint density at radius 1 is 0.889 bits per heavy atom. The van der Waals surface area contributed by atoms with Crippen LogP contribution >= 0.6 is 11.8 Å². The molecule has 0 bridgehead atoms. The van der Waals surface area contributed by atoms with E-state index in [1.54, 1.807) is 50.5 Å². The smallest absolute Gasteiger partial charge is 0.211 e. The third-order valence-corrected chi connectivity index (χ3v) is 4.21. The normalized spacial score (nSPS) is 8.33. The Morgan fingerprint density at radius 3 is 1.83 bits per heavy atom. The zero-order valence-electron chi connectivity index (χ0n) is 24.2. The first kappa shape index (κ1) is 37.6. The Hall–Kier alpha value is -2.99. The van der Waals surface area contributed by atoms with E-state index >= 15 is 0 Å². The Bertz CT molecular complexity index is 843. The molecule has 0 spiro atoms. The van der Waals surface area contributed by atoms with Crippen molar-refractivity contribution in [2.45, 2.75) is 60.3 Å². The minimum absolute atomic E-state index is 0.622. The summed E-state index contributed by atoms with van der Waals surface area (Å²) in [7, 11) is 3.32. The molecule has 1 amide bonds. The van der Waals surface area contributed by atoms with Crippen LogP contribution in [0.25, 0.3) is 0 Å². The van der Waals surface area contributed by atoms with Gasteiger partial charge in [-0.15, -0.1) is 11.8 Å². The lowest BCUT2D eigenvalue weighted by atomic mass is 10.2. The number of hydrogen-bond acceptors (Lipinski definition) is 5. The summed E-state index contributed by atoms with van der Waals surface area (Å²) in [5, 5.41) is 2.46. The maximum atomic E-state index is 9.84. The molecule has 0 saturated carbocycles. The summed E-state index contributed by atoms with van der Waals surface area (Å²) >= 11 is 1.77. The van der Waals surface area contributed by atoms with E-state index in [0.717, 1.165) is 23.0 Å². The average molecular weight is 517 g/mol. The molecule has 202 valence electrons. The fraction of sp³-hybridized carbons (Fsp3) is 0.400. The van der Waals surface area contributed by atoms with Gasteiger partial charge < -0.3 is 14.8 Å². The molecular weight excluding hydrogens is 468 g/mol. The van der Waals surface area contributed by atoms with Gasteiger partial charge in [0.15, 0.2) is 0 Å². The third-order valence-electron chi connectivity index (χ3n) is 3.47. The fourth-order valence-electron chi connectivity index (χ4n) is 2.05. The maximum Gasteiger partial charge on any atom is 0.211 e. The average Bonchev–Trinajstić information content (AvgIpc) is 2.92. The molecular formula is C30H48N2O3S. The minimum Gasteiger partial charge on any atom is -0.497 e. The van der Waals surface area contributed by atoms with Crippen molar-refractivity contribution in [3.05, 3.63) is 78.6 Å². The number of rotatable bonds is 5. The van der Waals surface area contributed by atoms with Crippen LogP contribution in [0.15, 0.2) is 78.0 Å². The minimum atomic E-state index is 0.622. The Balaban J connectivity index is -0.000000400. The SMILES string of the molecule is CC.CC.CC(C)C.COc1ccc(OC)c(C)c1.CSc1ccccc1.O=CNc1cccnc1. The van der Waals surface area contributed by atoms with Gasteiger partial charge in [-0.2, -0.15) is 0 Å². The quantitative estimate of drug-likeness (QED) is 0.271.